The van der Waals surface area contributed by atoms with Gasteiger partial charge < -0.3 is 5.32 Å². The zero-order valence-electron chi connectivity index (χ0n) is 15.0. The number of anilines is 1. The van der Waals surface area contributed by atoms with Crippen molar-refractivity contribution in [1.82, 2.24) is 10.9 Å². The van der Waals surface area contributed by atoms with Crippen LogP contribution in [-0.4, -0.2) is 17.6 Å². The Labute approximate surface area is 158 Å². The summed E-state index contributed by atoms with van der Waals surface area (Å²) in [5, 5.41) is 2.71. The van der Waals surface area contributed by atoms with Gasteiger partial charge in [0, 0.05) is 23.9 Å². The summed E-state index contributed by atoms with van der Waals surface area (Å²) in [5.74, 6) is 0.878. The molecule has 2 amide bonds. The third-order valence-electron chi connectivity index (χ3n) is 3.64. The molecule has 3 N–H and O–H groups in total. The molecule has 2 aromatic carbocycles. The summed E-state index contributed by atoms with van der Waals surface area (Å²) in [6, 6.07) is 15.4. The van der Waals surface area contributed by atoms with Gasteiger partial charge in [-0.25, -0.2) is 0 Å². The molecule has 5 nitrogen and oxygen atoms in total. The first-order valence-corrected chi connectivity index (χ1v) is 9.35. The van der Waals surface area contributed by atoms with E-state index in [2.05, 4.69) is 41.8 Å². The fraction of sp³-hybridized carbons (Fsp3) is 0.200. The second-order valence-electron chi connectivity index (χ2n) is 5.83. The maximum absolute atomic E-state index is 12.0. The molecule has 136 valence electrons. The van der Waals surface area contributed by atoms with E-state index in [-0.39, 0.29) is 11.8 Å². The van der Waals surface area contributed by atoms with Crippen LogP contribution in [0.25, 0.3) is 5.70 Å². The lowest BCUT2D eigenvalue weighted by molar-refractivity contribution is -0.119. The van der Waals surface area contributed by atoms with Crippen LogP contribution < -0.4 is 16.2 Å². The molecule has 2 rings (SSSR count). The number of rotatable bonds is 8. The molecule has 2 aromatic rings. The Morgan fingerprint density at radius 2 is 1.85 bits per heavy atom. The number of carbonyl (C=O) groups is 2. The lowest BCUT2D eigenvalue weighted by Gasteiger charge is -2.12. The lowest BCUT2D eigenvalue weighted by atomic mass is 10.1. The van der Waals surface area contributed by atoms with Crippen LogP contribution in [0.4, 0.5) is 5.69 Å². The number of amides is 2. The Morgan fingerprint density at radius 1 is 1.08 bits per heavy atom. The van der Waals surface area contributed by atoms with E-state index >= 15 is 0 Å². The molecule has 0 aliphatic rings. The van der Waals surface area contributed by atoms with Gasteiger partial charge in [-0.3, -0.25) is 20.4 Å². The molecule has 0 heterocycles. The largest absolute Gasteiger partial charge is 0.326 e. The molecule has 0 atom stereocenters. The first-order chi connectivity index (χ1) is 12.5. The molecule has 0 saturated heterocycles. The minimum Gasteiger partial charge on any atom is -0.326 e. The topological polar surface area (TPSA) is 70.2 Å². The lowest BCUT2D eigenvalue weighted by Crippen LogP contribution is -2.37. The average molecular weight is 369 g/mol. The van der Waals surface area contributed by atoms with Crippen LogP contribution >= 0.6 is 11.8 Å². The van der Waals surface area contributed by atoms with Gasteiger partial charge in [-0.2, -0.15) is 0 Å². The summed E-state index contributed by atoms with van der Waals surface area (Å²) in [4.78, 5) is 23.1. The number of nitrogens with one attached hydrogen (secondary N) is 3. The standard InChI is InChI=1S/C20H23N3O2S/c1-14-7-4-5-8-18(14)12-26-13-20(25)23-22-15(2)17-9-6-10-19(11-17)21-16(3)24/h4-11,22H,2,12-13H2,1,3H3,(H,21,24)(H,23,25). The highest BCUT2D eigenvalue weighted by molar-refractivity contribution is 7.99. The molecule has 0 unspecified atom stereocenters. The summed E-state index contributed by atoms with van der Waals surface area (Å²) < 4.78 is 0. The molecule has 6 heteroatoms. The van der Waals surface area contributed by atoms with Crippen LogP contribution in [0.3, 0.4) is 0 Å². The molecular formula is C20H23N3O2S. The van der Waals surface area contributed by atoms with Crippen LogP contribution in [0.5, 0.6) is 0 Å². The quantitative estimate of drug-likeness (QED) is 0.623. The zero-order chi connectivity index (χ0) is 18.9. The number of thioether (sulfide) groups is 1. The van der Waals surface area contributed by atoms with E-state index in [4.69, 9.17) is 0 Å². The highest BCUT2D eigenvalue weighted by Gasteiger charge is 2.05. The van der Waals surface area contributed by atoms with Crippen molar-refractivity contribution < 1.29 is 9.59 Å². The Balaban J connectivity index is 1.77. The smallest absolute Gasteiger partial charge is 0.248 e. The summed E-state index contributed by atoms with van der Waals surface area (Å²) in [6.07, 6.45) is 0. The highest BCUT2D eigenvalue weighted by atomic mass is 32.2. The molecule has 0 fully saturated rings. The van der Waals surface area contributed by atoms with E-state index in [0.29, 0.717) is 17.1 Å². The number of hydrogen-bond donors (Lipinski definition) is 3. The number of benzene rings is 2. The second-order valence-corrected chi connectivity index (χ2v) is 6.82. The van der Waals surface area contributed by atoms with E-state index < -0.39 is 0 Å². The van der Waals surface area contributed by atoms with Crippen molar-refractivity contribution in [3.63, 3.8) is 0 Å². The first kappa shape index (κ1) is 19.6. The Kier molecular flexibility index (Phi) is 7.29. The van der Waals surface area contributed by atoms with Crippen molar-refractivity contribution in [2.24, 2.45) is 0 Å². The van der Waals surface area contributed by atoms with Crippen LogP contribution in [0.2, 0.25) is 0 Å². The molecule has 0 aromatic heterocycles. The minimum absolute atomic E-state index is 0.122. The zero-order valence-corrected chi connectivity index (χ0v) is 15.8. The Bertz CT molecular complexity index is 805. The monoisotopic (exact) mass is 369 g/mol. The predicted octanol–water partition coefficient (Wildman–Crippen LogP) is 3.48. The van der Waals surface area contributed by atoms with Crippen molar-refractivity contribution >= 4 is 35.0 Å². The van der Waals surface area contributed by atoms with Crippen molar-refractivity contribution in [2.45, 2.75) is 19.6 Å². The SMILES string of the molecule is C=C(NNC(=O)CSCc1ccccc1C)c1cccc(NC(C)=O)c1. The fourth-order valence-electron chi connectivity index (χ4n) is 2.27. The predicted molar refractivity (Wildman–Crippen MR) is 108 cm³/mol. The van der Waals surface area contributed by atoms with Crippen LogP contribution in [0, 0.1) is 6.92 Å². The number of carbonyl (C=O) groups excluding carboxylic acids is 2. The molecular weight excluding hydrogens is 346 g/mol. The molecule has 0 aliphatic heterocycles. The van der Waals surface area contributed by atoms with Crippen molar-refractivity contribution in [2.75, 3.05) is 11.1 Å². The Hall–Kier alpha value is -2.73. The first-order valence-electron chi connectivity index (χ1n) is 8.19. The van der Waals surface area contributed by atoms with Crippen LogP contribution in [-0.2, 0) is 15.3 Å². The highest BCUT2D eigenvalue weighted by Crippen LogP contribution is 2.16. The average Bonchev–Trinajstić information content (AvgIpc) is 2.61. The summed E-state index contributed by atoms with van der Waals surface area (Å²) in [6.45, 7) is 7.43. The van der Waals surface area contributed by atoms with Crippen molar-refractivity contribution in [1.29, 1.82) is 0 Å². The number of hydrazine groups is 1. The van der Waals surface area contributed by atoms with Gasteiger partial charge in [0.05, 0.1) is 11.4 Å². The molecule has 0 saturated carbocycles. The van der Waals surface area contributed by atoms with Crippen molar-refractivity contribution in [3.05, 3.63) is 71.8 Å². The van der Waals surface area contributed by atoms with Gasteiger partial charge in [0.25, 0.3) is 0 Å². The maximum Gasteiger partial charge on any atom is 0.248 e. The van der Waals surface area contributed by atoms with Gasteiger partial charge in [0.1, 0.15) is 0 Å². The summed E-state index contributed by atoms with van der Waals surface area (Å²) in [7, 11) is 0. The van der Waals surface area contributed by atoms with Gasteiger partial charge in [-0.05, 0) is 30.2 Å². The molecule has 26 heavy (non-hydrogen) atoms. The Morgan fingerprint density at radius 3 is 2.58 bits per heavy atom. The van der Waals surface area contributed by atoms with Gasteiger partial charge in [-0.1, -0.05) is 43.0 Å². The van der Waals surface area contributed by atoms with E-state index in [1.54, 1.807) is 23.9 Å². The summed E-state index contributed by atoms with van der Waals surface area (Å²) >= 11 is 1.56. The van der Waals surface area contributed by atoms with E-state index in [1.165, 1.54) is 18.1 Å². The minimum atomic E-state index is -0.139. The van der Waals surface area contributed by atoms with E-state index in [9.17, 15) is 9.59 Å². The fourth-order valence-corrected chi connectivity index (χ4v) is 3.17. The molecule has 0 radical (unpaired) electrons. The van der Waals surface area contributed by atoms with Crippen LogP contribution in [0.1, 0.15) is 23.6 Å². The molecule has 0 spiro atoms. The normalized spacial score (nSPS) is 10.1. The van der Waals surface area contributed by atoms with Crippen molar-refractivity contribution in [3.8, 4) is 0 Å². The van der Waals surface area contributed by atoms with E-state index in [0.717, 1.165) is 11.3 Å². The molecule has 0 aliphatic carbocycles. The number of aryl methyl sites for hydroxylation is 1. The van der Waals surface area contributed by atoms with Gasteiger partial charge in [0.2, 0.25) is 11.8 Å². The van der Waals surface area contributed by atoms with E-state index in [1.807, 2.05) is 24.3 Å². The third-order valence-corrected chi connectivity index (χ3v) is 4.62. The third kappa shape index (κ3) is 6.29. The second kappa shape index (κ2) is 9.68. The number of hydrogen-bond acceptors (Lipinski definition) is 4. The summed E-state index contributed by atoms with van der Waals surface area (Å²) in [5.41, 5.74) is 9.94. The maximum atomic E-state index is 12.0. The van der Waals surface area contributed by atoms with Gasteiger partial charge >= 0.3 is 0 Å². The molecule has 0 bridgehead atoms. The van der Waals surface area contributed by atoms with Gasteiger partial charge in [-0.15, -0.1) is 11.8 Å². The van der Waals surface area contributed by atoms with Crippen LogP contribution in [0.15, 0.2) is 55.1 Å². The van der Waals surface area contributed by atoms with Gasteiger partial charge in [0.15, 0.2) is 0 Å².